The lowest BCUT2D eigenvalue weighted by Crippen LogP contribution is -2.56. The van der Waals surface area contributed by atoms with Crippen LogP contribution in [0.15, 0.2) is 35.1 Å². The van der Waals surface area contributed by atoms with Crippen LogP contribution in [-0.4, -0.2) is 218 Å². The number of benzene rings is 1. The summed E-state index contributed by atoms with van der Waals surface area (Å²) in [5, 5.41) is 25.5. The van der Waals surface area contributed by atoms with Crippen LogP contribution in [-0.2, 0) is 106 Å². The van der Waals surface area contributed by atoms with Gasteiger partial charge >= 0.3 is 5.97 Å². The SMILES string of the molecule is CC(C)[C@H](NC(=O)CCOCCOCCOCCOCCOCCOCCOCCOCCNC(=O)CCCCCN1C(=O)C=CC1=O)C(=O)N[C@@H](CCCCN)C(=O)NCC(=O)NCc1c2c(nc3cc4c(cc13)OCO4)-c1cc3c(c(=O)n1C2)COC(=O)[C@@]3(C)O. The van der Waals surface area contributed by atoms with Crippen molar-refractivity contribution in [1.82, 2.24) is 41.0 Å². The Hall–Kier alpha value is -7.52. The van der Waals surface area contributed by atoms with Gasteiger partial charge < -0.3 is 94.1 Å². The molecule has 93 heavy (non-hydrogen) atoms. The van der Waals surface area contributed by atoms with Gasteiger partial charge in [-0.2, -0.15) is 0 Å². The number of aliphatic hydroxyl groups is 1. The van der Waals surface area contributed by atoms with Gasteiger partial charge in [0.15, 0.2) is 17.1 Å². The third kappa shape index (κ3) is 22.0. The summed E-state index contributed by atoms with van der Waals surface area (Å²) in [7, 11) is 0. The first-order chi connectivity index (χ1) is 45.0. The predicted molar refractivity (Wildman–Crippen MR) is 331 cm³/mol. The molecule has 0 saturated carbocycles. The van der Waals surface area contributed by atoms with E-state index in [1.54, 1.807) is 32.0 Å². The van der Waals surface area contributed by atoms with Crippen molar-refractivity contribution in [3.8, 4) is 22.9 Å². The van der Waals surface area contributed by atoms with Crippen molar-refractivity contribution in [1.29, 1.82) is 0 Å². The largest absolute Gasteiger partial charge is 0.458 e. The molecule has 7 amide bonds. The van der Waals surface area contributed by atoms with Crippen molar-refractivity contribution in [3.63, 3.8) is 0 Å². The minimum atomic E-state index is -2.07. The number of hydrogen-bond donors (Lipinski definition) is 7. The molecule has 0 spiro atoms. The van der Waals surface area contributed by atoms with E-state index >= 15 is 0 Å². The number of nitrogens with zero attached hydrogens (tertiary/aromatic N) is 3. The summed E-state index contributed by atoms with van der Waals surface area (Å²) in [6.07, 6.45) is 6.20. The van der Waals surface area contributed by atoms with Crippen molar-refractivity contribution >= 4 is 58.2 Å². The number of carbonyl (C=O) groups excluding carboxylic acids is 8. The molecule has 6 heterocycles. The van der Waals surface area contributed by atoms with E-state index < -0.39 is 59.4 Å². The van der Waals surface area contributed by atoms with E-state index in [0.29, 0.717) is 183 Å². The zero-order valence-corrected chi connectivity index (χ0v) is 53.3. The Labute approximate surface area is 538 Å². The van der Waals surface area contributed by atoms with Crippen LogP contribution in [0.2, 0.25) is 0 Å². The molecule has 0 aliphatic carbocycles. The number of nitrogens with two attached hydrogens (primary N) is 1. The molecule has 3 aromatic rings. The van der Waals surface area contributed by atoms with Crippen LogP contribution in [0.1, 0.15) is 94.4 Å². The number of rotatable bonds is 46. The van der Waals surface area contributed by atoms with E-state index in [9.17, 15) is 48.3 Å². The number of unbranched alkanes of at least 4 members (excludes halogenated alkanes) is 3. The molecule has 30 heteroatoms. The summed E-state index contributed by atoms with van der Waals surface area (Å²) >= 11 is 0. The fourth-order valence-corrected chi connectivity index (χ4v) is 10.4. The lowest BCUT2D eigenvalue weighted by atomic mass is 9.89. The number of cyclic esters (lactones) is 1. The molecule has 3 atom stereocenters. The standard InChI is InChI=1S/C63H89N9O21/c1-41(2)57(70-53(74)13-17-83-19-21-85-23-25-87-27-29-89-31-32-90-30-28-88-26-24-86-22-20-84-18-15-65-52(73)10-5-4-8-16-71-55(76)11-12-56(71)77)60(79)69-47(9-6-7-14-64)59(78)67-37-54(75)66-36-43-42-33-50-51(93-40-92-50)35-48(42)68-58-44(43)38-72-49(58)34-46-45(61(72)80)39-91-62(81)63(46,3)82/h11-12,33-35,41,47,57,82H,4-10,13-32,36-40,64H2,1-3H3,(H,65,73)(H,66,75)(H,67,78)(H,69,79)(H,70,74)/t47-,57-,63-/m0/s1. The second kappa shape index (κ2) is 38.0. The summed E-state index contributed by atoms with van der Waals surface area (Å²) < 4.78 is 62.1. The predicted octanol–water partition coefficient (Wildman–Crippen LogP) is 0.0297. The minimum Gasteiger partial charge on any atom is -0.458 e. The first-order valence-electron chi connectivity index (χ1n) is 31.7. The van der Waals surface area contributed by atoms with E-state index in [-0.39, 0.29) is 93.9 Å². The number of fused-ring (bicyclic) bond motifs is 6. The highest BCUT2D eigenvalue weighted by atomic mass is 16.7. The first-order valence-corrected chi connectivity index (χ1v) is 31.7. The molecule has 1 aromatic carbocycles. The summed E-state index contributed by atoms with van der Waals surface area (Å²) in [6.45, 7) is 10.7. The van der Waals surface area contributed by atoms with Crippen molar-refractivity contribution in [3.05, 3.63) is 63.0 Å². The normalized spacial score (nSPS) is 15.9. The molecule has 0 radical (unpaired) electrons. The molecule has 0 unspecified atom stereocenters. The first kappa shape index (κ1) is 72.9. The number of aromatic nitrogens is 2. The maximum atomic E-state index is 13.9. The zero-order valence-electron chi connectivity index (χ0n) is 53.3. The number of hydrogen-bond acceptors (Lipinski definition) is 23. The van der Waals surface area contributed by atoms with Crippen LogP contribution in [0, 0.1) is 5.92 Å². The topological polar surface area (TPSA) is 383 Å². The van der Waals surface area contributed by atoms with Gasteiger partial charge in [0.25, 0.3) is 17.4 Å². The third-order valence-corrected chi connectivity index (χ3v) is 15.5. The van der Waals surface area contributed by atoms with Crippen LogP contribution in [0.4, 0.5) is 0 Å². The van der Waals surface area contributed by atoms with E-state index in [1.807, 2.05) is 0 Å². The summed E-state index contributed by atoms with van der Waals surface area (Å²) in [5.74, 6) is -3.17. The fourth-order valence-electron chi connectivity index (χ4n) is 10.4. The second-order valence-corrected chi connectivity index (χ2v) is 22.7. The van der Waals surface area contributed by atoms with Crippen molar-refractivity contribution in [2.24, 2.45) is 11.7 Å². The molecule has 4 aliphatic heterocycles. The highest BCUT2D eigenvalue weighted by Gasteiger charge is 2.43. The Balaban J connectivity index is 0.686. The fraction of sp³-hybridized carbons (Fsp3) is 0.619. The molecule has 7 rings (SSSR count). The molecular formula is C63H89N9O21. The van der Waals surface area contributed by atoms with Gasteiger partial charge in [0, 0.05) is 67.2 Å². The lowest BCUT2D eigenvalue weighted by Gasteiger charge is -2.29. The molecular weight excluding hydrogens is 1220 g/mol. The number of amides is 7. The van der Waals surface area contributed by atoms with Crippen LogP contribution in [0.3, 0.4) is 0 Å². The molecule has 4 aliphatic rings. The van der Waals surface area contributed by atoms with Crippen LogP contribution < -0.4 is 47.4 Å². The van der Waals surface area contributed by atoms with Crippen LogP contribution in [0.5, 0.6) is 11.5 Å². The second-order valence-electron chi connectivity index (χ2n) is 22.7. The number of pyridine rings is 2. The molecule has 0 saturated heterocycles. The number of nitrogens with one attached hydrogen (secondary N) is 5. The van der Waals surface area contributed by atoms with E-state index in [2.05, 4.69) is 26.6 Å². The maximum absolute atomic E-state index is 13.9. The van der Waals surface area contributed by atoms with Gasteiger partial charge in [-0.05, 0) is 69.2 Å². The summed E-state index contributed by atoms with van der Waals surface area (Å²) in [5.41, 5.74) is 5.94. The third-order valence-electron chi connectivity index (χ3n) is 15.5. The lowest BCUT2D eigenvalue weighted by molar-refractivity contribution is -0.169. The maximum Gasteiger partial charge on any atom is 0.342 e. The van der Waals surface area contributed by atoms with E-state index in [4.69, 9.17) is 62.8 Å². The average molecular weight is 1310 g/mol. The smallest absolute Gasteiger partial charge is 0.342 e. The van der Waals surface area contributed by atoms with Gasteiger partial charge in [-0.3, -0.25) is 43.3 Å². The number of ether oxygens (including phenoxy) is 11. The Kier molecular flexibility index (Phi) is 29.8. The van der Waals surface area contributed by atoms with E-state index in [0.717, 1.165) is 6.42 Å². The monoisotopic (exact) mass is 1310 g/mol. The van der Waals surface area contributed by atoms with Gasteiger partial charge in [-0.1, -0.05) is 20.3 Å². The summed E-state index contributed by atoms with van der Waals surface area (Å²) in [4.78, 5) is 122. The van der Waals surface area contributed by atoms with E-state index in [1.165, 1.54) is 28.5 Å². The Morgan fingerprint density at radius 1 is 0.645 bits per heavy atom. The molecule has 512 valence electrons. The molecule has 2 aromatic heterocycles. The van der Waals surface area contributed by atoms with Crippen LogP contribution in [0.25, 0.3) is 22.3 Å². The number of carbonyl (C=O) groups is 8. The van der Waals surface area contributed by atoms with Gasteiger partial charge in [-0.15, -0.1) is 0 Å². The van der Waals surface area contributed by atoms with Gasteiger partial charge in [-0.25, -0.2) is 9.78 Å². The molecule has 8 N–H and O–H groups in total. The Morgan fingerprint density at radius 2 is 1.24 bits per heavy atom. The van der Waals surface area contributed by atoms with Crippen molar-refractivity contribution in [2.75, 3.05) is 139 Å². The van der Waals surface area contributed by atoms with Crippen molar-refractivity contribution in [2.45, 2.75) is 110 Å². The van der Waals surface area contributed by atoms with Gasteiger partial charge in [0.05, 0.1) is 141 Å². The highest BCUT2D eigenvalue weighted by molar-refractivity contribution is 6.12. The number of imide groups is 1. The Bertz CT molecular complexity index is 3120. The number of esters is 1. The molecule has 0 fully saturated rings. The average Bonchev–Trinajstić information content (AvgIpc) is 1.62. The van der Waals surface area contributed by atoms with Crippen molar-refractivity contribution < 1.29 is 95.6 Å². The Morgan fingerprint density at radius 3 is 1.84 bits per heavy atom. The minimum absolute atomic E-state index is 0.00533. The molecule has 0 bridgehead atoms. The molecule has 30 nitrogen and oxygen atoms in total. The van der Waals surface area contributed by atoms with Gasteiger partial charge in [0.1, 0.15) is 18.7 Å². The highest BCUT2D eigenvalue weighted by Crippen LogP contribution is 2.42. The summed E-state index contributed by atoms with van der Waals surface area (Å²) in [6, 6.07) is 2.95. The van der Waals surface area contributed by atoms with Crippen LogP contribution >= 0.6 is 0 Å². The quantitative estimate of drug-likeness (QED) is 0.0174. The van der Waals surface area contributed by atoms with Gasteiger partial charge in [0.2, 0.25) is 36.3 Å². The zero-order chi connectivity index (χ0) is 66.5.